The van der Waals surface area contributed by atoms with E-state index in [1.165, 1.54) is 0 Å². The fraction of sp³-hybridized carbons (Fsp3) is 0.300. The maximum atomic E-state index is 4.97. The number of rotatable bonds is 4. The van der Waals surface area contributed by atoms with Crippen LogP contribution in [0.2, 0.25) is 0 Å². The summed E-state index contributed by atoms with van der Waals surface area (Å²) in [5, 5.41) is 4.40. The van der Waals surface area contributed by atoms with Crippen LogP contribution in [-0.4, -0.2) is 30.2 Å². The minimum absolute atomic E-state index is 0.703. The minimum atomic E-state index is 0.703. The van der Waals surface area contributed by atoms with Crippen LogP contribution in [0.15, 0.2) is 24.5 Å². The van der Waals surface area contributed by atoms with Gasteiger partial charge in [-0.1, -0.05) is 0 Å². The molecule has 0 bridgehead atoms. The van der Waals surface area contributed by atoms with E-state index in [-0.39, 0.29) is 0 Å². The fourth-order valence-corrected chi connectivity index (χ4v) is 1.40. The average Bonchev–Trinajstić information content (AvgIpc) is 2.67. The summed E-state index contributed by atoms with van der Waals surface area (Å²) in [6.45, 7) is 1.51. The lowest BCUT2D eigenvalue weighted by molar-refractivity contribution is 0.211. The Labute approximate surface area is 82.3 Å². The molecule has 0 radical (unpaired) electrons. The molecule has 0 amide bonds. The van der Waals surface area contributed by atoms with Gasteiger partial charge in [-0.25, -0.2) is 4.98 Å². The van der Waals surface area contributed by atoms with E-state index in [2.05, 4.69) is 15.3 Å². The number of aromatic amines is 1. The Bertz CT molecular complexity index is 410. The molecule has 0 aliphatic heterocycles. The quantitative estimate of drug-likeness (QED) is 0.722. The number of nitrogens with one attached hydrogen (secondary N) is 2. The van der Waals surface area contributed by atoms with Crippen LogP contribution >= 0.6 is 0 Å². The lowest BCUT2D eigenvalue weighted by Gasteiger charge is -2.05. The predicted octanol–water partition coefficient (Wildman–Crippen LogP) is 1.62. The number of ether oxygens (including phenoxy) is 1. The van der Waals surface area contributed by atoms with Crippen LogP contribution in [0.25, 0.3) is 11.0 Å². The Balaban J connectivity index is 2.19. The second kappa shape index (κ2) is 4.11. The molecule has 0 aliphatic carbocycles. The van der Waals surface area contributed by atoms with Crippen molar-refractivity contribution in [3.8, 4) is 0 Å². The number of H-pyrrole nitrogens is 1. The number of pyridine rings is 1. The van der Waals surface area contributed by atoms with Crippen molar-refractivity contribution in [3.63, 3.8) is 0 Å². The molecule has 0 unspecified atom stereocenters. The Kier molecular flexibility index (Phi) is 2.65. The summed E-state index contributed by atoms with van der Waals surface area (Å²) in [6.07, 6.45) is 3.67. The lowest BCUT2D eigenvalue weighted by atomic mass is 10.3. The van der Waals surface area contributed by atoms with Crippen molar-refractivity contribution in [3.05, 3.63) is 24.5 Å². The number of aromatic nitrogens is 2. The molecule has 0 spiro atoms. The number of nitrogens with zero attached hydrogens (tertiary/aromatic N) is 1. The Morgan fingerprint density at radius 1 is 1.50 bits per heavy atom. The first-order valence-corrected chi connectivity index (χ1v) is 4.56. The number of methoxy groups -OCH3 is 1. The van der Waals surface area contributed by atoms with Crippen LogP contribution in [0.4, 0.5) is 5.69 Å². The zero-order valence-corrected chi connectivity index (χ0v) is 8.08. The largest absolute Gasteiger partial charge is 0.383 e. The minimum Gasteiger partial charge on any atom is -0.383 e. The van der Waals surface area contributed by atoms with E-state index in [1.54, 1.807) is 13.3 Å². The van der Waals surface area contributed by atoms with E-state index in [1.807, 2.05) is 18.3 Å². The molecule has 0 aromatic carbocycles. The molecular formula is C10H13N3O. The molecule has 2 aromatic rings. The zero-order chi connectivity index (χ0) is 9.80. The number of hydrogen-bond donors (Lipinski definition) is 2. The first-order chi connectivity index (χ1) is 6.92. The summed E-state index contributed by atoms with van der Waals surface area (Å²) in [4.78, 5) is 7.27. The normalized spacial score (nSPS) is 10.6. The van der Waals surface area contributed by atoms with Crippen LogP contribution in [0.3, 0.4) is 0 Å². The van der Waals surface area contributed by atoms with Gasteiger partial charge in [0.25, 0.3) is 0 Å². The van der Waals surface area contributed by atoms with Gasteiger partial charge in [0, 0.05) is 37.1 Å². The summed E-state index contributed by atoms with van der Waals surface area (Å²) < 4.78 is 4.97. The zero-order valence-electron chi connectivity index (χ0n) is 8.08. The van der Waals surface area contributed by atoms with Gasteiger partial charge in [-0.2, -0.15) is 0 Å². The second-order valence-corrected chi connectivity index (χ2v) is 3.02. The van der Waals surface area contributed by atoms with Gasteiger partial charge in [-0.05, 0) is 12.1 Å². The molecule has 0 fully saturated rings. The van der Waals surface area contributed by atoms with Gasteiger partial charge in [0.2, 0.25) is 0 Å². The molecule has 2 rings (SSSR count). The molecule has 0 saturated carbocycles. The summed E-state index contributed by atoms with van der Waals surface area (Å²) in [7, 11) is 1.69. The summed E-state index contributed by atoms with van der Waals surface area (Å²) in [5.41, 5.74) is 2.00. The predicted molar refractivity (Wildman–Crippen MR) is 56.5 cm³/mol. The van der Waals surface area contributed by atoms with E-state index in [9.17, 15) is 0 Å². The Morgan fingerprint density at radius 2 is 2.43 bits per heavy atom. The third kappa shape index (κ3) is 1.70. The third-order valence-electron chi connectivity index (χ3n) is 2.08. The topological polar surface area (TPSA) is 49.9 Å². The highest BCUT2D eigenvalue weighted by atomic mass is 16.5. The smallest absolute Gasteiger partial charge is 0.139 e. The van der Waals surface area contributed by atoms with Gasteiger partial charge < -0.3 is 15.0 Å². The molecular weight excluding hydrogens is 178 g/mol. The molecule has 0 atom stereocenters. The molecule has 0 aliphatic rings. The molecule has 4 heteroatoms. The molecule has 2 heterocycles. The van der Waals surface area contributed by atoms with Crippen molar-refractivity contribution < 1.29 is 4.74 Å². The van der Waals surface area contributed by atoms with Crippen LogP contribution in [0.5, 0.6) is 0 Å². The molecule has 74 valence electrons. The van der Waals surface area contributed by atoms with Crippen molar-refractivity contribution in [2.24, 2.45) is 0 Å². The van der Waals surface area contributed by atoms with E-state index >= 15 is 0 Å². The first kappa shape index (κ1) is 9.02. The summed E-state index contributed by atoms with van der Waals surface area (Å²) in [5.74, 6) is 0. The van der Waals surface area contributed by atoms with E-state index in [0.29, 0.717) is 6.61 Å². The van der Waals surface area contributed by atoms with E-state index in [0.717, 1.165) is 23.3 Å². The van der Waals surface area contributed by atoms with Gasteiger partial charge in [-0.3, -0.25) is 0 Å². The van der Waals surface area contributed by atoms with Gasteiger partial charge in [0.1, 0.15) is 5.65 Å². The van der Waals surface area contributed by atoms with Crippen LogP contribution in [0, 0.1) is 0 Å². The molecule has 0 saturated heterocycles. The second-order valence-electron chi connectivity index (χ2n) is 3.02. The highest BCUT2D eigenvalue weighted by Gasteiger charge is 2.00. The molecule has 2 N–H and O–H groups in total. The van der Waals surface area contributed by atoms with Gasteiger partial charge >= 0.3 is 0 Å². The standard InChI is InChI=1S/C10H13N3O/c1-14-7-6-11-9-3-5-13-10-8(9)2-4-12-10/h2-5H,6-7H2,1H3,(H2,11,12,13). The van der Waals surface area contributed by atoms with E-state index < -0.39 is 0 Å². The molecule has 4 nitrogen and oxygen atoms in total. The van der Waals surface area contributed by atoms with Crippen molar-refractivity contribution in [1.29, 1.82) is 0 Å². The first-order valence-electron chi connectivity index (χ1n) is 4.56. The van der Waals surface area contributed by atoms with Gasteiger partial charge in [0.05, 0.1) is 6.61 Å². The fourth-order valence-electron chi connectivity index (χ4n) is 1.40. The van der Waals surface area contributed by atoms with Crippen molar-refractivity contribution in [1.82, 2.24) is 9.97 Å². The van der Waals surface area contributed by atoms with Crippen molar-refractivity contribution >= 4 is 16.7 Å². The van der Waals surface area contributed by atoms with Crippen molar-refractivity contribution in [2.75, 3.05) is 25.6 Å². The summed E-state index contributed by atoms with van der Waals surface area (Å²) in [6, 6.07) is 3.98. The third-order valence-corrected chi connectivity index (χ3v) is 2.08. The van der Waals surface area contributed by atoms with E-state index in [4.69, 9.17) is 4.74 Å². The molecule has 14 heavy (non-hydrogen) atoms. The maximum absolute atomic E-state index is 4.97. The lowest BCUT2D eigenvalue weighted by Crippen LogP contribution is -2.07. The van der Waals surface area contributed by atoms with Crippen LogP contribution < -0.4 is 5.32 Å². The summed E-state index contributed by atoms with van der Waals surface area (Å²) >= 11 is 0. The average molecular weight is 191 g/mol. The Hall–Kier alpha value is -1.55. The number of fused-ring (bicyclic) bond motifs is 1. The van der Waals surface area contributed by atoms with Crippen molar-refractivity contribution in [2.45, 2.75) is 0 Å². The number of anilines is 1. The highest BCUT2D eigenvalue weighted by Crippen LogP contribution is 2.19. The van der Waals surface area contributed by atoms with Gasteiger partial charge in [-0.15, -0.1) is 0 Å². The van der Waals surface area contributed by atoms with Crippen LogP contribution in [-0.2, 0) is 4.74 Å². The molecule has 2 aromatic heterocycles. The van der Waals surface area contributed by atoms with Gasteiger partial charge in [0.15, 0.2) is 0 Å². The SMILES string of the molecule is COCCNc1ccnc2[nH]ccc12. The number of hydrogen-bond acceptors (Lipinski definition) is 3. The monoisotopic (exact) mass is 191 g/mol. The highest BCUT2D eigenvalue weighted by molar-refractivity contribution is 5.88. The van der Waals surface area contributed by atoms with Crippen LogP contribution in [0.1, 0.15) is 0 Å². The Morgan fingerprint density at radius 3 is 3.29 bits per heavy atom. The maximum Gasteiger partial charge on any atom is 0.139 e.